The molecule has 10 rings (SSSR count). The summed E-state index contributed by atoms with van der Waals surface area (Å²) in [7, 11) is 0. The topological polar surface area (TPSA) is 330 Å². The Labute approximate surface area is 386 Å². The van der Waals surface area contributed by atoms with Crippen molar-refractivity contribution in [3.05, 3.63) is 23.3 Å². The maximum atomic E-state index is 12.6. The Bertz CT molecular complexity index is 1880. The van der Waals surface area contributed by atoms with E-state index >= 15 is 0 Å². The number of aliphatic carboxylic acids is 2. The molecule has 0 aromatic carbocycles. The highest BCUT2D eigenvalue weighted by Gasteiger charge is 2.73. The van der Waals surface area contributed by atoms with Crippen LogP contribution in [0.5, 0.6) is 0 Å². The van der Waals surface area contributed by atoms with Crippen molar-refractivity contribution >= 4 is 23.9 Å². The van der Waals surface area contributed by atoms with Gasteiger partial charge in [0, 0.05) is 46.7 Å². The monoisotopic (exact) mass is 931 g/mol. The number of quaternary nitrogens is 2. The molecule has 0 amide bonds. The molecule has 0 radical (unpaired) electrons. The quantitative estimate of drug-likeness (QED) is 0.127. The summed E-state index contributed by atoms with van der Waals surface area (Å²) in [5, 5.41) is 101. The van der Waals surface area contributed by atoms with Crippen LogP contribution in [0.2, 0.25) is 0 Å². The smallest absolute Gasteiger partial charge is 0.331 e. The van der Waals surface area contributed by atoms with E-state index in [0.717, 1.165) is 24.0 Å². The second-order valence-electron chi connectivity index (χ2n) is 22.7. The van der Waals surface area contributed by atoms with Crippen LogP contribution in [-0.4, -0.2) is 127 Å². The molecule has 370 valence electrons. The van der Waals surface area contributed by atoms with Crippen LogP contribution in [0.3, 0.4) is 0 Å². The Morgan fingerprint density at radius 3 is 1.27 bits per heavy atom. The van der Waals surface area contributed by atoms with E-state index in [1.54, 1.807) is 12.2 Å². The number of rotatable bonds is 6. The maximum absolute atomic E-state index is 12.6. The zero-order valence-electron chi connectivity index (χ0n) is 38.7. The molecule has 13 N–H and O–H groups in total. The van der Waals surface area contributed by atoms with Gasteiger partial charge in [-0.15, -0.1) is 0 Å². The van der Waals surface area contributed by atoms with Gasteiger partial charge in [-0.1, -0.05) is 13.8 Å². The van der Waals surface area contributed by atoms with Crippen molar-refractivity contribution < 1.29 is 86.1 Å². The van der Waals surface area contributed by atoms with Crippen LogP contribution in [0, 0.1) is 57.2 Å². The van der Waals surface area contributed by atoms with E-state index in [0.29, 0.717) is 77.3 Å². The lowest BCUT2D eigenvalue weighted by atomic mass is 9.41. The van der Waals surface area contributed by atoms with Crippen LogP contribution in [0.25, 0.3) is 0 Å². The van der Waals surface area contributed by atoms with Gasteiger partial charge in [-0.25, -0.2) is 9.59 Å². The van der Waals surface area contributed by atoms with E-state index in [-0.39, 0.29) is 105 Å². The summed E-state index contributed by atoms with van der Waals surface area (Å²) >= 11 is 0. The van der Waals surface area contributed by atoms with Crippen molar-refractivity contribution in [2.75, 3.05) is 26.3 Å². The van der Waals surface area contributed by atoms with Crippen molar-refractivity contribution in [1.29, 1.82) is 0 Å². The van der Waals surface area contributed by atoms with E-state index in [4.69, 9.17) is 14.6 Å². The Balaban J connectivity index is 0.000000160. The highest BCUT2D eigenvalue weighted by molar-refractivity contribution is 5.86. The van der Waals surface area contributed by atoms with Crippen LogP contribution in [0.15, 0.2) is 23.3 Å². The zero-order chi connectivity index (χ0) is 48.0. The molecule has 0 aromatic heterocycles. The Morgan fingerprint density at radius 2 is 0.970 bits per heavy atom. The number of ether oxygens (including phenoxy) is 2. The second kappa shape index (κ2) is 17.1. The molecule has 10 aliphatic rings. The molecule has 0 bridgehead atoms. The highest BCUT2D eigenvalue weighted by Crippen LogP contribution is 2.72. The van der Waals surface area contributed by atoms with Crippen LogP contribution in [-0.2, 0) is 28.7 Å². The summed E-state index contributed by atoms with van der Waals surface area (Å²) in [4.78, 5) is 48.4. The van der Waals surface area contributed by atoms with Crippen molar-refractivity contribution in [3.63, 3.8) is 0 Å². The van der Waals surface area contributed by atoms with Gasteiger partial charge in [0.25, 0.3) is 0 Å². The number of esters is 2. The van der Waals surface area contributed by atoms with E-state index in [2.05, 4.69) is 25.3 Å². The summed E-state index contributed by atoms with van der Waals surface area (Å²) in [5.41, 5.74) is -0.134. The zero-order valence-corrected chi connectivity index (χ0v) is 38.7. The standard InChI is InChI=1S/2C23H32O7.C3H10N2O/c2*1-20-6-3-16-17(23(20,29)9-5-15(20)13-10-18(25)30-12-13)4-7-21(28)11-14(24)2-8-22(16,21)19(26)27;4-1-3(6)2-5/h2*10,14-17,24,28-29H,2-9,11-12H2,1H3,(H,26,27);3,6H,1-2,4-5H2/t2*14?,15-,16-,17?,20+,21?,22+,23?;/m00./s1. The highest BCUT2D eigenvalue weighted by atomic mass is 16.5. The number of carboxylic acids is 2. The minimum Gasteiger partial charge on any atom is -0.549 e. The number of carbonyl (C=O) groups is 4. The number of aliphatic hydroxyl groups excluding tert-OH is 3. The molecule has 8 saturated carbocycles. The van der Waals surface area contributed by atoms with Gasteiger partial charge >= 0.3 is 11.9 Å². The van der Waals surface area contributed by atoms with Gasteiger partial charge in [0.15, 0.2) is 6.10 Å². The third-order valence-corrected chi connectivity index (χ3v) is 20.5. The minimum atomic E-state index is -1.50. The largest absolute Gasteiger partial charge is 0.549 e. The van der Waals surface area contributed by atoms with Crippen molar-refractivity contribution in [2.24, 2.45) is 57.2 Å². The molecule has 66 heavy (non-hydrogen) atoms. The van der Waals surface area contributed by atoms with Crippen LogP contribution >= 0.6 is 0 Å². The van der Waals surface area contributed by atoms with E-state index in [1.165, 1.54) is 0 Å². The summed E-state index contributed by atoms with van der Waals surface area (Å²) in [6.07, 6.45) is 9.00. The molecular formula is C49H74N2O15. The predicted molar refractivity (Wildman–Crippen MR) is 227 cm³/mol. The molecule has 0 spiro atoms. The molecule has 17 nitrogen and oxygen atoms in total. The molecule has 8 fully saturated rings. The first-order chi connectivity index (χ1) is 31.0. The van der Waals surface area contributed by atoms with Crippen LogP contribution in [0.1, 0.15) is 129 Å². The Hall–Kier alpha value is -3.00. The molecule has 0 saturated heterocycles. The first-order valence-electron chi connectivity index (χ1n) is 24.7. The molecule has 8 unspecified atom stereocenters. The number of fused-ring (bicyclic) bond motifs is 10. The molecular weight excluding hydrogens is 857 g/mol. The van der Waals surface area contributed by atoms with E-state index < -0.39 is 68.2 Å². The fourth-order valence-electron chi connectivity index (χ4n) is 17.1. The Morgan fingerprint density at radius 1 is 0.606 bits per heavy atom. The predicted octanol–water partition coefficient (Wildman–Crippen LogP) is -2.27. The summed E-state index contributed by atoms with van der Waals surface area (Å²) in [6.45, 7) is 5.82. The lowest BCUT2D eigenvalue weighted by Gasteiger charge is -2.67. The summed E-state index contributed by atoms with van der Waals surface area (Å²) in [5.74, 6) is -4.39. The SMILES string of the molecule is C[C@]12CC[C@H]3C(CCC4(O)CC(O)CC[C@]34C(=O)[O-])C1(O)CC[C@H]2C1=CC(=O)OC1.C[C@]12CC[C@H]3C(CCC4(O)CC(O)CC[C@]34C(=O)[O-])C1(O)CC[C@H]2C1=CC(=O)OC1.[NH3+]CC(O)C[NH3+]. The van der Waals surface area contributed by atoms with Gasteiger partial charge in [0.2, 0.25) is 0 Å². The lowest BCUT2D eigenvalue weighted by Crippen LogP contribution is -2.72. The van der Waals surface area contributed by atoms with Gasteiger partial charge < -0.3 is 76.5 Å². The molecule has 0 aromatic rings. The number of hydrogen-bond donors (Lipinski definition) is 9. The number of cyclic esters (lactones) is 2. The minimum absolute atomic E-state index is 0.0304. The molecule has 16 atom stereocenters. The van der Waals surface area contributed by atoms with Crippen molar-refractivity contribution in [1.82, 2.24) is 0 Å². The molecule has 2 heterocycles. The number of carbonyl (C=O) groups excluding carboxylic acids is 4. The van der Waals surface area contributed by atoms with Crippen LogP contribution in [0.4, 0.5) is 0 Å². The molecule has 2 aliphatic heterocycles. The van der Waals surface area contributed by atoms with Gasteiger partial charge in [-0.3, -0.25) is 0 Å². The van der Waals surface area contributed by atoms with Gasteiger partial charge in [0.05, 0.1) is 46.6 Å². The molecule has 17 heteroatoms. The van der Waals surface area contributed by atoms with Crippen LogP contribution < -0.4 is 21.7 Å². The van der Waals surface area contributed by atoms with Crippen molar-refractivity contribution in [3.8, 4) is 0 Å². The third-order valence-electron chi connectivity index (χ3n) is 20.5. The van der Waals surface area contributed by atoms with Crippen molar-refractivity contribution in [2.45, 2.75) is 170 Å². The average Bonchev–Trinajstić information content (AvgIpc) is 4.02. The number of hydrogen-bond acceptors (Lipinski definition) is 15. The first-order valence-corrected chi connectivity index (χ1v) is 24.7. The van der Waals surface area contributed by atoms with E-state index in [1.807, 2.05) is 0 Å². The second-order valence-corrected chi connectivity index (χ2v) is 22.7. The van der Waals surface area contributed by atoms with Gasteiger partial charge in [-0.2, -0.15) is 0 Å². The third kappa shape index (κ3) is 7.01. The average molecular weight is 931 g/mol. The van der Waals surface area contributed by atoms with Gasteiger partial charge in [0.1, 0.15) is 26.3 Å². The lowest BCUT2D eigenvalue weighted by molar-refractivity contribution is -0.428. The molecule has 8 aliphatic carbocycles. The first kappa shape index (κ1) is 49.4. The van der Waals surface area contributed by atoms with E-state index in [9.17, 15) is 60.0 Å². The fraction of sp³-hybridized carbons (Fsp3) is 0.837. The normalized spacial score (nSPS) is 48.8. The summed E-state index contributed by atoms with van der Waals surface area (Å²) < 4.78 is 10.3. The Kier molecular flexibility index (Phi) is 12.8. The maximum Gasteiger partial charge on any atom is 0.331 e. The summed E-state index contributed by atoms with van der Waals surface area (Å²) in [6, 6.07) is 0. The number of carboxylic acid groups (broad SMARTS) is 2. The fourth-order valence-corrected chi connectivity index (χ4v) is 17.1. The van der Waals surface area contributed by atoms with Gasteiger partial charge in [-0.05, 0) is 149 Å². The number of aliphatic hydroxyl groups is 7.